The van der Waals surface area contributed by atoms with Crippen LogP contribution >= 0.6 is 11.3 Å². The Hall–Kier alpha value is -1.65. The smallest absolute Gasteiger partial charge is 0.475 e. The first-order chi connectivity index (χ1) is 14.0. The molecular weight excluding hydrogens is 421 g/mol. The van der Waals surface area contributed by atoms with Crippen LogP contribution in [0.25, 0.3) is 0 Å². The molecule has 0 saturated carbocycles. The number of rotatable bonds is 5. The fraction of sp³-hybridized carbons (Fsp3) is 0.700. The van der Waals surface area contributed by atoms with Crippen molar-refractivity contribution in [1.82, 2.24) is 9.80 Å². The minimum Gasteiger partial charge on any atom is -0.475 e. The third-order valence-electron chi connectivity index (χ3n) is 5.66. The number of aliphatic carboxylic acids is 1. The predicted octanol–water partition coefficient (Wildman–Crippen LogP) is 3.13. The minimum absolute atomic E-state index is 0.268. The van der Waals surface area contributed by atoms with Crippen molar-refractivity contribution >= 4 is 23.2 Å². The average Bonchev–Trinajstić information content (AvgIpc) is 3.31. The molecule has 2 fully saturated rings. The van der Waals surface area contributed by atoms with Crippen molar-refractivity contribution in [3.8, 4) is 0 Å². The molecule has 2 saturated heterocycles. The van der Waals surface area contributed by atoms with Gasteiger partial charge in [0.15, 0.2) is 0 Å². The summed E-state index contributed by atoms with van der Waals surface area (Å²) < 4.78 is 37.8. The first kappa shape index (κ1) is 24.6. The van der Waals surface area contributed by atoms with Crippen LogP contribution in [0.1, 0.15) is 25.1 Å². The zero-order valence-corrected chi connectivity index (χ0v) is 18.2. The van der Waals surface area contributed by atoms with Crippen LogP contribution in [0, 0.1) is 11.8 Å². The van der Waals surface area contributed by atoms with E-state index >= 15 is 0 Å². The number of carboxylic acid groups (broad SMARTS) is 1. The molecule has 1 aromatic rings. The summed E-state index contributed by atoms with van der Waals surface area (Å²) in [4.78, 5) is 27.0. The van der Waals surface area contributed by atoms with E-state index in [-0.39, 0.29) is 12.0 Å². The molecule has 10 heteroatoms. The molecule has 170 valence electrons. The number of hydrogen-bond donors (Lipinski definition) is 1. The summed E-state index contributed by atoms with van der Waals surface area (Å²) in [7, 11) is 2.16. The molecule has 30 heavy (non-hydrogen) atoms. The summed E-state index contributed by atoms with van der Waals surface area (Å²) in [6.07, 6.45) is -3.18. The second-order valence-corrected chi connectivity index (χ2v) is 9.05. The Kier molecular flexibility index (Phi) is 8.69. The summed E-state index contributed by atoms with van der Waals surface area (Å²) in [6.45, 7) is 8.02. The Morgan fingerprint density at radius 2 is 2.07 bits per heavy atom. The molecule has 1 amide bonds. The summed E-state index contributed by atoms with van der Waals surface area (Å²) in [5.74, 6) is -1.36. The van der Waals surface area contributed by atoms with Gasteiger partial charge in [0.05, 0.1) is 19.1 Å². The number of likely N-dealkylation sites (tertiary alicyclic amines) is 1. The van der Waals surface area contributed by atoms with Crippen molar-refractivity contribution in [2.45, 2.75) is 45.0 Å². The fourth-order valence-corrected chi connectivity index (χ4v) is 4.31. The van der Waals surface area contributed by atoms with Gasteiger partial charge in [-0.1, -0.05) is 6.07 Å². The lowest BCUT2D eigenvalue weighted by Crippen LogP contribution is -2.48. The first-order valence-corrected chi connectivity index (χ1v) is 10.8. The lowest BCUT2D eigenvalue weighted by atomic mass is 9.84. The number of carbonyl (C=O) groups excluding carboxylic acids is 1. The van der Waals surface area contributed by atoms with Crippen LogP contribution in [0.2, 0.25) is 0 Å². The molecule has 6 nitrogen and oxygen atoms in total. The van der Waals surface area contributed by atoms with Gasteiger partial charge in [-0.15, -0.1) is 11.3 Å². The maximum absolute atomic E-state index is 12.6. The molecule has 0 aliphatic carbocycles. The third kappa shape index (κ3) is 6.95. The maximum atomic E-state index is 12.6. The highest BCUT2D eigenvalue weighted by molar-refractivity contribution is 7.10. The number of ether oxygens (including phenoxy) is 1. The second-order valence-electron chi connectivity index (χ2n) is 8.02. The molecule has 1 N–H and O–H groups in total. The van der Waals surface area contributed by atoms with Crippen LogP contribution in [0.3, 0.4) is 0 Å². The second kappa shape index (κ2) is 10.6. The number of fused-ring (bicyclic) bond motifs is 1. The van der Waals surface area contributed by atoms with Crippen LogP contribution in [0.5, 0.6) is 0 Å². The number of hydrogen-bond acceptors (Lipinski definition) is 5. The number of likely N-dealkylation sites (N-methyl/N-ethyl adjacent to an activating group) is 1. The standard InChI is InChI=1S/C18H28N2O2S.C2HF3O2/c1-13(2)19(3)11-17-16-10-20(7-6-14(16)12-22-17)18(21)9-15-5-4-8-23-15;3-2(4,5)1(6)7/h4-5,8,13-14,16-17H,6-7,9-12H2,1-3H3;(H,6,7)/t14-,16-,17+;/m0./s1. The van der Waals surface area contributed by atoms with E-state index in [1.54, 1.807) is 11.3 Å². The minimum atomic E-state index is -5.08. The van der Waals surface area contributed by atoms with Crippen LogP contribution in [0.15, 0.2) is 17.5 Å². The van der Waals surface area contributed by atoms with Crippen molar-refractivity contribution < 1.29 is 32.6 Å². The van der Waals surface area contributed by atoms with E-state index in [9.17, 15) is 18.0 Å². The normalized spacial score (nSPS) is 23.9. The van der Waals surface area contributed by atoms with Crippen molar-refractivity contribution in [1.29, 1.82) is 0 Å². The van der Waals surface area contributed by atoms with Gasteiger partial charge >= 0.3 is 12.1 Å². The number of amides is 1. The van der Waals surface area contributed by atoms with E-state index in [2.05, 4.69) is 30.7 Å². The van der Waals surface area contributed by atoms with Gasteiger partial charge in [0.2, 0.25) is 5.91 Å². The van der Waals surface area contributed by atoms with Gasteiger partial charge in [-0.3, -0.25) is 4.79 Å². The Labute approximate surface area is 178 Å². The number of carbonyl (C=O) groups is 2. The van der Waals surface area contributed by atoms with Crippen molar-refractivity contribution in [3.63, 3.8) is 0 Å². The zero-order valence-electron chi connectivity index (χ0n) is 17.4. The van der Waals surface area contributed by atoms with Gasteiger partial charge < -0.3 is 19.6 Å². The van der Waals surface area contributed by atoms with E-state index in [1.807, 2.05) is 17.5 Å². The molecule has 0 aromatic carbocycles. The van der Waals surface area contributed by atoms with Crippen LogP contribution < -0.4 is 0 Å². The van der Waals surface area contributed by atoms with Gasteiger partial charge in [0.25, 0.3) is 0 Å². The molecule has 2 aliphatic heterocycles. The fourth-order valence-electron chi connectivity index (χ4n) is 3.61. The van der Waals surface area contributed by atoms with Gasteiger partial charge in [0, 0.05) is 36.5 Å². The number of carboxylic acids is 1. The lowest BCUT2D eigenvalue weighted by molar-refractivity contribution is -0.192. The topological polar surface area (TPSA) is 70.1 Å². The molecule has 3 heterocycles. The van der Waals surface area contributed by atoms with Gasteiger partial charge in [-0.25, -0.2) is 4.79 Å². The van der Waals surface area contributed by atoms with Gasteiger partial charge in [-0.05, 0) is 44.7 Å². The molecule has 3 rings (SSSR count). The van der Waals surface area contributed by atoms with Crippen LogP contribution in [0.4, 0.5) is 13.2 Å². The summed E-state index contributed by atoms with van der Waals surface area (Å²) in [5, 5.41) is 9.16. The lowest BCUT2D eigenvalue weighted by Gasteiger charge is -2.37. The van der Waals surface area contributed by atoms with Crippen molar-refractivity contribution in [3.05, 3.63) is 22.4 Å². The molecule has 2 aliphatic rings. The van der Waals surface area contributed by atoms with Crippen LogP contribution in [-0.4, -0.2) is 78.4 Å². The van der Waals surface area contributed by atoms with Gasteiger partial charge in [-0.2, -0.15) is 13.2 Å². The highest BCUT2D eigenvalue weighted by Gasteiger charge is 2.42. The van der Waals surface area contributed by atoms with Crippen LogP contribution in [-0.2, 0) is 20.7 Å². The number of alkyl halides is 3. The molecule has 1 aromatic heterocycles. The summed E-state index contributed by atoms with van der Waals surface area (Å²) in [5.41, 5.74) is 0. The molecule has 0 spiro atoms. The number of nitrogens with zero attached hydrogens (tertiary/aromatic N) is 2. The molecule has 0 radical (unpaired) electrons. The van der Waals surface area contributed by atoms with E-state index in [4.69, 9.17) is 14.6 Å². The largest absolute Gasteiger partial charge is 0.490 e. The number of thiophene rings is 1. The van der Waals surface area contributed by atoms with E-state index < -0.39 is 12.1 Å². The summed E-state index contributed by atoms with van der Waals surface area (Å²) in [6, 6.07) is 4.59. The Bertz CT molecular complexity index is 697. The number of piperidine rings is 1. The zero-order chi connectivity index (χ0) is 22.5. The van der Waals surface area contributed by atoms with E-state index in [0.717, 1.165) is 37.5 Å². The maximum Gasteiger partial charge on any atom is 0.490 e. The average molecular weight is 451 g/mol. The van der Waals surface area contributed by atoms with Crippen molar-refractivity contribution in [2.75, 3.05) is 33.3 Å². The molecule has 0 unspecified atom stereocenters. The first-order valence-electron chi connectivity index (χ1n) is 9.91. The quantitative estimate of drug-likeness (QED) is 0.747. The molecule has 0 bridgehead atoms. The van der Waals surface area contributed by atoms with E-state index in [0.29, 0.717) is 24.3 Å². The number of halogens is 3. The molecule has 3 atom stereocenters. The Morgan fingerprint density at radius 1 is 1.40 bits per heavy atom. The van der Waals surface area contributed by atoms with E-state index in [1.165, 1.54) is 0 Å². The summed E-state index contributed by atoms with van der Waals surface area (Å²) >= 11 is 1.67. The Morgan fingerprint density at radius 3 is 2.60 bits per heavy atom. The van der Waals surface area contributed by atoms with Gasteiger partial charge in [0.1, 0.15) is 0 Å². The predicted molar refractivity (Wildman–Crippen MR) is 107 cm³/mol. The highest BCUT2D eigenvalue weighted by Crippen LogP contribution is 2.35. The highest BCUT2D eigenvalue weighted by atomic mass is 32.1. The molecular formula is C20H29F3N2O4S. The van der Waals surface area contributed by atoms with Crippen molar-refractivity contribution in [2.24, 2.45) is 11.8 Å². The third-order valence-corrected chi connectivity index (χ3v) is 6.54. The monoisotopic (exact) mass is 450 g/mol. The Balaban J connectivity index is 0.000000396. The SMILES string of the molecule is CC(C)N(C)C[C@H]1OC[C@@H]2CCN(C(=O)Cc3cccs3)C[C@@H]21.O=C(O)C(F)(F)F.